The van der Waals surface area contributed by atoms with Crippen LogP contribution in [0.25, 0.3) is 11.4 Å². The van der Waals surface area contributed by atoms with Crippen LogP contribution < -0.4 is 10.6 Å². The molecule has 1 unspecified atom stereocenters. The first-order valence-electron chi connectivity index (χ1n) is 7.23. The number of rotatable bonds is 4. The van der Waals surface area contributed by atoms with E-state index in [-0.39, 0.29) is 18.3 Å². The van der Waals surface area contributed by atoms with Crippen LogP contribution in [0.4, 0.5) is 5.69 Å². The molecule has 0 radical (unpaired) electrons. The van der Waals surface area contributed by atoms with Gasteiger partial charge in [-0.1, -0.05) is 12.1 Å². The quantitative estimate of drug-likeness (QED) is 0.807. The number of H-pyrrole nitrogens is 1. The van der Waals surface area contributed by atoms with E-state index in [1.807, 2.05) is 31.2 Å². The maximum absolute atomic E-state index is 12.0. The molecule has 2 heterocycles. The average Bonchev–Trinajstić information content (AvgIpc) is 3.10. The Morgan fingerprint density at radius 3 is 3.00 bits per heavy atom. The van der Waals surface area contributed by atoms with Crippen molar-refractivity contribution in [2.75, 3.05) is 11.9 Å². The van der Waals surface area contributed by atoms with Gasteiger partial charge in [0.15, 0.2) is 5.82 Å². The molecule has 1 amide bonds. The number of hydrogen-bond acceptors (Lipinski definition) is 4. The van der Waals surface area contributed by atoms with Crippen molar-refractivity contribution in [2.24, 2.45) is 0 Å². The molecule has 2 aromatic rings. The van der Waals surface area contributed by atoms with Gasteiger partial charge in [-0.2, -0.15) is 5.10 Å². The van der Waals surface area contributed by atoms with E-state index in [2.05, 4.69) is 25.8 Å². The van der Waals surface area contributed by atoms with E-state index in [1.54, 1.807) is 0 Å². The molecule has 0 saturated carbocycles. The van der Waals surface area contributed by atoms with Crippen LogP contribution in [0, 0.1) is 6.92 Å². The number of aryl methyl sites for hydroxylation is 1. The van der Waals surface area contributed by atoms with Crippen molar-refractivity contribution in [3.8, 4) is 11.4 Å². The summed E-state index contributed by atoms with van der Waals surface area (Å²) < 4.78 is 0. The van der Waals surface area contributed by atoms with Crippen molar-refractivity contribution in [2.45, 2.75) is 32.2 Å². The van der Waals surface area contributed by atoms with Gasteiger partial charge in [-0.05, 0) is 38.4 Å². The van der Waals surface area contributed by atoms with Crippen molar-refractivity contribution in [3.63, 3.8) is 0 Å². The number of carbonyl (C=O) groups is 1. The van der Waals surface area contributed by atoms with Crippen LogP contribution in [0.2, 0.25) is 0 Å². The van der Waals surface area contributed by atoms with Gasteiger partial charge in [0.05, 0.1) is 0 Å². The van der Waals surface area contributed by atoms with Gasteiger partial charge in [-0.15, -0.1) is 12.4 Å². The minimum Gasteiger partial charge on any atom is -0.326 e. The van der Waals surface area contributed by atoms with Crippen molar-refractivity contribution < 1.29 is 4.79 Å². The summed E-state index contributed by atoms with van der Waals surface area (Å²) in [6.07, 6.45) is 2.74. The number of nitrogens with zero attached hydrogens (tertiary/aromatic N) is 2. The van der Waals surface area contributed by atoms with E-state index < -0.39 is 0 Å². The van der Waals surface area contributed by atoms with Gasteiger partial charge in [0.2, 0.25) is 5.91 Å². The Balaban J connectivity index is 0.00000176. The molecule has 1 aliphatic rings. The Kier molecular flexibility index (Phi) is 5.51. The van der Waals surface area contributed by atoms with Crippen molar-refractivity contribution >= 4 is 24.0 Å². The lowest BCUT2D eigenvalue weighted by Crippen LogP contribution is -2.27. The predicted molar refractivity (Wildman–Crippen MR) is 88.1 cm³/mol. The molecule has 118 valence electrons. The summed E-state index contributed by atoms with van der Waals surface area (Å²) in [6, 6.07) is 7.90. The smallest absolute Gasteiger partial charge is 0.225 e. The average molecular weight is 322 g/mol. The fraction of sp³-hybridized carbons (Fsp3) is 0.400. The predicted octanol–water partition coefficient (Wildman–Crippen LogP) is 2.28. The topological polar surface area (TPSA) is 82.7 Å². The summed E-state index contributed by atoms with van der Waals surface area (Å²) in [7, 11) is 0. The molecule has 1 saturated heterocycles. The molecule has 22 heavy (non-hydrogen) atoms. The number of aromatic nitrogens is 3. The first-order chi connectivity index (χ1) is 10.2. The Morgan fingerprint density at radius 2 is 2.32 bits per heavy atom. The highest BCUT2D eigenvalue weighted by Crippen LogP contribution is 2.19. The second kappa shape index (κ2) is 7.38. The van der Waals surface area contributed by atoms with E-state index in [0.29, 0.717) is 18.3 Å². The van der Waals surface area contributed by atoms with Gasteiger partial charge < -0.3 is 10.6 Å². The Morgan fingerprint density at radius 1 is 1.45 bits per heavy atom. The summed E-state index contributed by atoms with van der Waals surface area (Å²) in [5, 5.41) is 13.2. The lowest BCUT2D eigenvalue weighted by atomic mass is 10.1. The summed E-state index contributed by atoms with van der Waals surface area (Å²) >= 11 is 0. The third-order valence-electron chi connectivity index (χ3n) is 3.60. The number of amides is 1. The van der Waals surface area contributed by atoms with Crippen LogP contribution in [0.15, 0.2) is 24.3 Å². The maximum atomic E-state index is 12.0. The summed E-state index contributed by atoms with van der Waals surface area (Å²) in [5.74, 6) is 1.45. The zero-order valence-corrected chi connectivity index (χ0v) is 13.2. The number of halogens is 1. The first kappa shape index (κ1) is 16.5. The number of anilines is 1. The molecule has 1 aromatic heterocycles. The van der Waals surface area contributed by atoms with Crippen LogP contribution in [0.1, 0.15) is 25.1 Å². The fourth-order valence-corrected chi connectivity index (χ4v) is 2.57. The molecule has 1 atom stereocenters. The highest BCUT2D eigenvalue weighted by Gasteiger charge is 2.17. The third kappa shape index (κ3) is 4.05. The number of nitrogens with one attached hydrogen (secondary N) is 3. The van der Waals surface area contributed by atoms with Gasteiger partial charge in [0.25, 0.3) is 0 Å². The second-order valence-corrected chi connectivity index (χ2v) is 5.37. The van der Waals surface area contributed by atoms with Gasteiger partial charge in [-0.25, -0.2) is 4.98 Å². The third-order valence-corrected chi connectivity index (χ3v) is 3.60. The second-order valence-electron chi connectivity index (χ2n) is 5.37. The summed E-state index contributed by atoms with van der Waals surface area (Å²) in [5.41, 5.74) is 1.66. The first-order valence-corrected chi connectivity index (χ1v) is 7.23. The standard InChI is InChI=1S/C15H19N5O.ClH/c1-10-17-15(20-19-10)11-4-2-5-13(8-11)18-14(21)9-12-6-3-7-16-12;/h2,4-5,8,12,16H,3,6-7,9H2,1H3,(H,18,21)(H,17,19,20);1H. The highest BCUT2D eigenvalue weighted by atomic mass is 35.5. The molecule has 0 spiro atoms. The molecular formula is C15H20ClN5O. The Labute approximate surface area is 135 Å². The van der Waals surface area contributed by atoms with Gasteiger partial charge >= 0.3 is 0 Å². The minimum absolute atomic E-state index is 0. The zero-order valence-electron chi connectivity index (χ0n) is 12.4. The van der Waals surface area contributed by atoms with E-state index in [9.17, 15) is 4.79 Å². The van der Waals surface area contributed by atoms with Crippen LogP contribution in [0.3, 0.4) is 0 Å². The van der Waals surface area contributed by atoms with Crippen LogP contribution in [-0.4, -0.2) is 33.7 Å². The normalized spacial score (nSPS) is 17.0. The zero-order chi connectivity index (χ0) is 14.7. The van der Waals surface area contributed by atoms with Crippen molar-refractivity contribution in [3.05, 3.63) is 30.1 Å². The van der Waals surface area contributed by atoms with E-state index in [4.69, 9.17) is 0 Å². The highest BCUT2D eigenvalue weighted by molar-refractivity contribution is 5.91. The largest absolute Gasteiger partial charge is 0.326 e. The number of aromatic amines is 1. The van der Waals surface area contributed by atoms with Crippen molar-refractivity contribution in [1.82, 2.24) is 20.5 Å². The maximum Gasteiger partial charge on any atom is 0.225 e. The molecule has 7 heteroatoms. The molecule has 1 fully saturated rings. The molecule has 6 nitrogen and oxygen atoms in total. The Hall–Kier alpha value is -1.92. The van der Waals surface area contributed by atoms with Crippen LogP contribution in [0.5, 0.6) is 0 Å². The Bertz CT molecular complexity index is 636. The van der Waals surface area contributed by atoms with E-state index >= 15 is 0 Å². The molecular weight excluding hydrogens is 302 g/mol. The molecule has 3 rings (SSSR count). The molecule has 1 aromatic carbocycles. The van der Waals surface area contributed by atoms with Crippen molar-refractivity contribution in [1.29, 1.82) is 0 Å². The van der Waals surface area contributed by atoms with E-state index in [0.717, 1.165) is 36.5 Å². The molecule has 1 aliphatic heterocycles. The van der Waals surface area contributed by atoms with Gasteiger partial charge in [0.1, 0.15) is 5.82 Å². The number of carbonyl (C=O) groups excluding carboxylic acids is 1. The summed E-state index contributed by atoms with van der Waals surface area (Å²) in [6.45, 7) is 2.87. The number of benzene rings is 1. The molecule has 0 bridgehead atoms. The molecule has 3 N–H and O–H groups in total. The number of hydrogen-bond donors (Lipinski definition) is 3. The SMILES string of the molecule is Cc1nc(-c2cccc(NC(=O)CC3CCCN3)c2)n[nH]1.Cl. The van der Waals surface area contributed by atoms with Crippen LogP contribution in [-0.2, 0) is 4.79 Å². The fourth-order valence-electron chi connectivity index (χ4n) is 2.57. The van der Waals surface area contributed by atoms with Gasteiger partial charge in [-0.3, -0.25) is 9.89 Å². The van der Waals surface area contributed by atoms with Crippen LogP contribution >= 0.6 is 12.4 Å². The summed E-state index contributed by atoms with van der Waals surface area (Å²) in [4.78, 5) is 16.3. The van der Waals surface area contributed by atoms with E-state index in [1.165, 1.54) is 0 Å². The molecule has 0 aliphatic carbocycles. The monoisotopic (exact) mass is 321 g/mol. The lowest BCUT2D eigenvalue weighted by Gasteiger charge is -2.10. The lowest BCUT2D eigenvalue weighted by molar-refractivity contribution is -0.116. The minimum atomic E-state index is 0. The van der Waals surface area contributed by atoms with Gasteiger partial charge in [0, 0.05) is 23.7 Å².